The molecular weight excluding hydrogens is 410 g/mol. The van der Waals surface area contributed by atoms with E-state index in [9.17, 15) is 19.7 Å². The number of amides is 2. The molecule has 0 saturated carbocycles. The molecule has 1 aliphatic rings. The van der Waals surface area contributed by atoms with Crippen LogP contribution in [0.2, 0.25) is 0 Å². The number of nitrogens with one attached hydrogen (secondary N) is 2. The van der Waals surface area contributed by atoms with E-state index in [1.165, 1.54) is 23.5 Å². The van der Waals surface area contributed by atoms with Crippen molar-refractivity contribution >= 4 is 40.2 Å². The Bertz CT molecular complexity index is 1110. The molecule has 1 aliphatic heterocycles. The van der Waals surface area contributed by atoms with Gasteiger partial charge in [-0.25, -0.2) is 0 Å². The van der Waals surface area contributed by atoms with Gasteiger partial charge in [-0.15, -0.1) is 11.3 Å². The van der Waals surface area contributed by atoms with Crippen molar-refractivity contribution in [1.29, 1.82) is 0 Å². The Kier molecular flexibility index (Phi) is 5.31. The monoisotopic (exact) mass is 425 g/mol. The number of nitro groups is 1. The SMILES string of the molecule is O=C(Nc1ccc(NC(=O)c2cc3c(cc2[N+](=O)[O-])OCCO3)cc1)c1cccs1. The minimum atomic E-state index is -0.658. The van der Waals surface area contributed by atoms with E-state index in [2.05, 4.69) is 10.6 Å². The third-order valence-corrected chi connectivity index (χ3v) is 5.12. The second-order valence-corrected chi connectivity index (χ2v) is 7.18. The van der Waals surface area contributed by atoms with Crippen LogP contribution in [0.3, 0.4) is 0 Å². The molecule has 1 aromatic heterocycles. The number of carbonyl (C=O) groups excluding carboxylic acids is 2. The van der Waals surface area contributed by atoms with Crippen molar-refractivity contribution < 1.29 is 24.0 Å². The van der Waals surface area contributed by atoms with Gasteiger partial charge in [0, 0.05) is 17.4 Å². The molecule has 152 valence electrons. The van der Waals surface area contributed by atoms with Gasteiger partial charge >= 0.3 is 0 Å². The third kappa shape index (κ3) is 4.08. The Hall–Kier alpha value is -3.92. The zero-order valence-corrected chi connectivity index (χ0v) is 16.2. The highest BCUT2D eigenvalue weighted by Gasteiger charge is 2.26. The first-order chi connectivity index (χ1) is 14.5. The lowest BCUT2D eigenvalue weighted by atomic mass is 10.1. The van der Waals surface area contributed by atoms with E-state index in [0.29, 0.717) is 22.9 Å². The van der Waals surface area contributed by atoms with Crippen LogP contribution in [-0.4, -0.2) is 30.0 Å². The molecule has 2 aromatic carbocycles. The van der Waals surface area contributed by atoms with Gasteiger partial charge in [0.25, 0.3) is 17.5 Å². The van der Waals surface area contributed by atoms with E-state index in [0.717, 1.165) is 0 Å². The van der Waals surface area contributed by atoms with Gasteiger partial charge in [-0.2, -0.15) is 0 Å². The van der Waals surface area contributed by atoms with Gasteiger partial charge in [-0.3, -0.25) is 19.7 Å². The maximum Gasteiger partial charge on any atom is 0.286 e. The van der Waals surface area contributed by atoms with Crippen LogP contribution in [-0.2, 0) is 0 Å². The molecule has 0 aliphatic carbocycles. The van der Waals surface area contributed by atoms with Crippen LogP contribution in [0.4, 0.5) is 17.1 Å². The highest BCUT2D eigenvalue weighted by atomic mass is 32.1. The lowest BCUT2D eigenvalue weighted by Crippen LogP contribution is -2.18. The molecule has 9 nitrogen and oxygen atoms in total. The summed E-state index contributed by atoms with van der Waals surface area (Å²) in [6.45, 7) is 0.579. The van der Waals surface area contributed by atoms with Crippen LogP contribution in [0, 0.1) is 10.1 Å². The number of thiophene rings is 1. The quantitative estimate of drug-likeness (QED) is 0.472. The summed E-state index contributed by atoms with van der Waals surface area (Å²) >= 11 is 1.33. The molecule has 3 aromatic rings. The number of carbonyl (C=O) groups is 2. The highest BCUT2D eigenvalue weighted by molar-refractivity contribution is 7.12. The first kappa shape index (κ1) is 19.4. The molecule has 2 N–H and O–H groups in total. The molecule has 2 amide bonds. The van der Waals surface area contributed by atoms with E-state index in [-0.39, 0.29) is 35.3 Å². The fourth-order valence-electron chi connectivity index (χ4n) is 2.85. The van der Waals surface area contributed by atoms with Gasteiger partial charge < -0.3 is 20.1 Å². The number of anilines is 2. The molecule has 10 heteroatoms. The molecule has 4 rings (SSSR count). The first-order valence-corrected chi connectivity index (χ1v) is 9.73. The van der Waals surface area contributed by atoms with Gasteiger partial charge in [-0.1, -0.05) is 6.07 Å². The van der Waals surface area contributed by atoms with Crippen LogP contribution >= 0.6 is 11.3 Å². The normalized spacial score (nSPS) is 12.1. The molecule has 0 fully saturated rings. The summed E-state index contributed by atoms with van der Waals surface area (Å²) in [6.07, 6.45) is 0. The minimum Gasteiger partial charge on any atom is -0.486 e. The van der Waals surface area contributed by atoms with Crippen molar-refractivity contribution in [1.82, 2.24) is 0 Å². The zero-order valence-electron chi connectivity index (χ0n) is 15.4. The lowest BCUT2D eigenvalue weighted by molar-refractivity contribution is -0.385. The lowest BCUT2D eigenvalue weighted by Gasteiger charge is -2.18. The number of nitro benzene ring substituents is 1. The van der Waals surface area contributed by atoms with Crippen molar-refractivity contribution in [3.8, 4) is 11.5 Å². The van der Waals surface area contributed by atoms with Crippen LogP contribution in [0.1, 0.15) is 20.0 Å². The van der Waals surface area contributed by atoms with Crippen LogP contribution < -0.4 is 20.1 Å². The van der Waals surface area contributed by atoms with E-state index < -0.39 is 10.8 Å². The number of hydrogen-bond acceptors (Lipinski definition) is 7. The van der Waals surface area contributed by atoms with Crippen LogP contribution in [0.5, 0.6) is 11.5 Å². The van der Waals surface area contributed by atoms with Crippen molar-refractivity contribution in [3.63, 3.8) is 0 Å². The van der Waals surface area contributed by atoms with Crippen LogP contribution in [0.15, 0.2) is 53.9 Å². The Labute approximate surface area is 174 Å². The average Bonchev–Trinajstić information content (AvgIpc) is 3.29. The predicted octanol–water partition coefficient (Wildman–Crippen LogP) is 3.93. The number of nitrogens with zero attached hydrogens (tertiary/aromatic N) is 1. The van der Waals surface area contributed by atoms with Gasteiger partial charge in [0.2, 0.25) is 0 Å². The summed E-state index contributed by atoms with van der Waals surface area (Å²) in [5, 5.41) is 18.6. The number of hydrogen-bond donors (Lipinski definition) is 2. The van der Waals surface area contributed by atoms with E-state index in [4.69, 9.17) is 9.47 Å². The van der Waals surface area contributed by atoms with Gasteiger partial charge in [0.1, 0.15) is 18.8 Å². The topological polar surface area (TPSA) is 120 Å². The summed E-state index contributed by atoms with van der Waals surface area (Å²) in [4.78, 5) is 36.1. The maximum absolute atomic E-state index is 12.7. The second-order valence-electron chi connectivity index (χ2n) is 6.23. The summed E-state index contributed by atoms with van der Waals surface area (Å²) in [5.74, 6) is -0.373. The van der Waals surface area contributed by atoms with Crippen molar-refractivity contribution in [2.75, 3.05) is 23.8 Å². The first-order valence-electron chi connectivity index (χ1n) is 8.85. The summed E-state index contributed by atoms with van der Waals surface area (Å²) < 4.78 is 10.8. The summed E-state index contributed by atoms with van der Waals surface area (Å²) in [6, 6.07) is 12.4. The molecule has 2 heterocycles. The standard InChI is InChI=1S/C20H15N3O6S/c24-19(14-10-16-17(29-8-7-28-16)11-15(14)23(26)27)21-12-3-5-13(6-4-12)22-20(25)18-2-1-9-30-18/h1-6,9-11H,7-8H2,(H,21,24)(H,22,25). The fraction of sp³-hybridized carbons (Fsp3) is 0.100. The van der Waals surface area contributed by atoms with Crippen molar-refractivity contribution in [2.24, 2.45) is 0 Å². The molecule has 0 radical (unpaired) electrons. The molecule has 0 saturated heterocycles. The molecule has 0 atom stereocenters. The average molecular weight is 425 g/mol. The predicted molar refractivity (Wildman–Crippen MR) is 111 cm³/mol. The van der Waals surface area contributed by atoms with E-state index >= 15 is 0 Å². The third-order valence-electron chi connectivity index (χ3n) is 4.25. The number of ether oxygens (including phenoxy) is 2. The number of rotatable bonds is 5. The van der Waals surface area contributed by atoms with Crippen molar-refractivity contribution in [3.05, 3.63) is 74.5 Å². The Morgan fingerprint density at radius 2 is 1.53 bits per heavy atom. The molecule has 30 heavy (non-hydrogen) atoms. The fourth-order valence-corrected chi connectivity index (χ4v) is 3.47. The summed E-state index contributed by atoms with van der Waals surface area (Å²) in [5.41, 5.74) is 0.450. The number of fused-ring (bicyclic) bond motifs is 1. The van der Waals surface area contributed by atoms with Gasteiger partial charge in [-0.05, 0) is 35.7 Å². The largest absolute Gasteiger partial charge is 0.486 e. The van der Waals surface area contributed by atoms with E-state index in [1.54, 1.807) is 36.4 Å². The Balaban J connectivity index is 1.50. The van der Waals surface area contributed by atoms with Crippen molar-refractivity contribution in [2.45, 2.75) is 0 Å². The molecule has 0 bridgehead atoms. The van der Waals surface area contributed by atoms with Gasteiger partial charge in [0.15, 0.2) is 11.5 Å². The highest BCUT2D eigenvalue weighted by Crippen LogP contribution is 2.36. The summed E-state index contributed by atoms with van der Waals surface area (Å²) in [7, 11) is 0. The molecular formula is C20H15N3O6S. The van der Waals surface area contributed by atoms with Gasteiger partial charge in [0.05, 0.1) is 15.9 Å². The van der Waals surface area contributed by atoms with Crippen LogP contribution in [0.25, 0.3) is 0 Å². The molecule has 0 unspecified atom stereocenters. The Morgan fingerprint density at radius 3 is 2.10 bits per heavy atom. The maximum atomic E-state index is 12.7. The second kappa shape index (κ2) is 8.21. The van der Waals surface area contributed by atoms with E-state index in [1.807, 2.05) is 5.38 Å². The Morgan fingerprint density at radius 1 is 0.933 bits per heavy atom. The smallest absolute Gasteiger partial charge is 0.286 e. The molecule has 0 spiro atoms. The number of benzene rings is 2. The zero-order chi connectivity index (χ0) is 21.1. The minimum absolute atomic E-state index is 0.140.